The molecule has 36 heavy (non-hydrogen) atoms. The zero-order chi connectivity index (χ0) is 25.4. The van der Waals surface area contributed by atoms with E-state index < -0.39 is 29.5 Å². The molecule has 0 bridgehead atoms. The average molecular weight is 515 g/mol. The second kappa shape index (κ2) is 7.96. The van der Waals surface area contributed by atoms with Crippen LogP contribution in [0.3, 0.4) is 0 Å². The summed E-state index contributed by atoms with van der Waals surface area (Å²) in [5.41, 5.74) is 11.7. The van der Waals surface area contributed by atoms with Crippen LogP contribution >= 0.6 is 11.6 Å². The third kappa shape index (κ3) is 3.66. The topological polar surface area (TPSA) is 114 Å². The van der Waals surface area contributed by atoms with E-state index in [-0.39, 0.29) is 41.5 Å². The zero-order valence-corrected chi connectivity index (χ0v) is 20.5. The van der Waals surface area contributed by atoms with Gasteiger partial charge in [0.2, 0.25) is 0 Å². The molecule has 0 radical (unpaired) electrons. The van der Waals surface area contributed by atoms with Gasteiger partial charge in [-0.25, -0.2) is 23.7 Å². The molecule has 4 N–H and O–H groups in total. The van der Waals surface area contributed by atoms with Crippen molar-refractivity contribution in [2.24, 2.45) is 0 Å². The van der Waals surface area contributed by atoms with E-state index in [0.29, 0.717) is 27.9 Å². The van der Waals surface area contributed by atoms with Gasteiger partial charge in [-0.3, -0.25) is 0 Å². The summed E-state index contributed by atoms with van der Waals surface area (Å²) < 4.78 is 45.7. The molecule has 11 heteroatoms. The van der Waals surface area contributed by atoms with Crippen molar-refractivity contribution >= 4 is 45.2 Å². The Hall–Kier alpha value is -3.08. The summed E-state index contributed by atoms with van der Waals surface area (Å²) in [6.07, 6.45) is 2.41. The largest absolute Gasteiger partial charge is 0.383 e. The molecule has 188 valence electrons. The lowest BCUT2D eigenvalue weighted by atomic mass is 9.92. The molecule has 1 saturated carbocycles. The van der Waals surface area contributed by atoms with E-state index in [1.54, 1.807) is 19.9 Å². The van der Waals surface area contributed by atoms with E-state index in [2.05, 4.69) is 15.0 Å². The van der Waals surface area contributed by atoms with Gasteiger partial charge in [0.1, 0.15) is 47.3 Å². The molecule has 6 rings (SSSR count). The Morgan fingerprint density at radius 2 is 1.94 bits per heavy atom. The van der Waals surface area contributed by atoms with Gasteiger partial charge in [-0.1, -0.05) is 11.6 Å². The summed E-state index contributed by atoms with van der Waals surface area (Å²) in [6, 6.07) is 6.00. The monoisotopic (exact) mass is 514 g/mol. The van der Waals surface area contributed by atoms with E-state index in [1.807, 2.05) is 16.8 Å². The van der Waals surface area contributed by atoms with E-state index in [0.717, 1.165) is 0 Å². The third-order valence-corrected chi connectivity index (χ3v) is 7.52. The van der Waals surface area contributed by atoms with Crippen LogP contribution in [-0.4, -0.2) is 43.2 Å². The Morgan fingerprint density at radius 3 is 2.75 bits per heavy atom. The van der Waals surface area contributed by atoms with Crippen LogP contribution in [0.5, 0.6) is 0 Å². The number of anilines is 2. The van der Waals surface area contributed by atoms with Gasteiger partial charge in [-0.15, -0.1) is 0 Å². The number of nitrogens with two attached hydrogens (primary N) is 2. The minimum Gasteiger partial charge on any atom is -0.383 e. The Morgan fingerprint density at radius 1 is 1.14 bits per heavy atom. The Balaban J connectivity index is 1.32. The summed E-state index contributed by atoms with van der Waals surface area (Å²) >= 11 is 5.99. The fourth-order valence-electron chi connectivity index (χ4n) is 5.58. The highest BCUT2D eigenvalue weighted by Crippen LogP contribution is 2.53. The third-order valence-electron chi connectivity index (χ3n) is 7.22. The van der Waals surface area contributed by atoms with Gasteiger partial charge in [-0.2, -0.15) is 0 Å². The summed E-state index contributed by atoms with van der Waals surface area (Å²) in [5.74, 6) is -0.952. The number of alkyl halides is 1. The SMILES string of the molecule is CC1(C)OC2C(n3ccc4c(N)ncnc43)CC(F)(CCc3cc(F)c4cc(Cl)c(N)nc4c3)C2O1. The molecule has 1 aliphatic heterocycles. The zero-order valence-electron chi connectivity index (χ0n) is 19.7. The first-order valence-electron chi connectivity index (χ1n) is 11.7. The van der Waals surface area contributed by atoms with Crippen molar-refractivity contribution in [3.05, 3.63) is 53.2 Å². The van der Waals surface area contributed by atoms with Crippen LogP contribution in [0.1, 0.15) is 38.3 Å². The number of fused-ring (bicyclic) bond motifs is 3. The number of benzene rings is 1. The molecule has 4 aromatic rings. The fraction of sp³-hybridized carbons (Fsp3) is 0.400. The standard InChI is InChI=1S/C25H25ClF2N6O2/c1-24(2)35-19-18(34-6-4-13-21(29)31-11-32-23(13)34)10-25(28,20(19)36-24)5-3-12-7-16(27)14-9-15(26)22(30)33-17(14)8-12/h4,6-9,11,18-20H,3,5,10H2,1-2H3,(H2,30,33)(H2,29,31,32). The summed E-state index contributed by atoms with van der Waals surface area (Å²) in [4.78, 5) is 12.6. The van der Waals surface area contributed by atoms with E-state index in [1.165, 1.54) is 18.5 Å². The lowest BCUT2D eigenvalue weighted by Crippen LogP contribution is -2.38. The van der Waals surface area contributed by atoms with E-state index in [9.17, 15) is 4.39 Å². The van der Waals surface area contributed by atoms with Crippen molar-refractivity contribution in [3.8, 4) is 0 Å². The van der Waals surface area contributed by atoms with Crippen molar-refractivity contribution in [2.75, 3.05) is 11.5 Å². The number of aromatic nitrogens is 4. The molecule has 4 unspecified atom stereocenters. The smallest absolute Gasteiger partial charge is 0.164 e. The first kappa shape index (κ1) is 23.3. The maximum absolute atomic E-state index is 16.7. The number of pyridine rings is 1. The highest BCUT2D eigenvalue weighted by Gasteiger charge is 2.62. The predicted molar refractivity (Wildman–Crippen MR) is 133 cm³/mol. The normalized spacial score (nSPS) is 27.2. The molecule has 4 heterocycles. The Bertz CT molecular complexity index is 1510. The van der Waals surface area contributed by atoms with Crippen LogP contribution in [0.4, 0.5) is 20.4 Å². The highest BCUT2D eigenvalue weighted by atomic mass is 35.5. The van der Waals surface area contributed by atoms with Crippen molar-refractivity contribution in [1.82, 2.24) is 19.5 Å². The minimum atomic E-state index is -1.73. The molecule has 0 spiro atoms. The highest BCUT2D eigenvalue weighted by molar-refractivity contribution is 6.33. The fourth-order valence-corrected chi connectivity index (χ4v) is 5.73. The Labute approximate surface area is 210 Å². The molecule has 4 atom stereocenters. The maximum atomic E-state index is 16.7. The average Bonchev–Trinajstić information content (AvgIpc) is 3.46. The maximum Gasteiger partial charge on any atom is 0.164 e. The number of rotatable bonds is 4. The molecular formula is C25H25ClF2N6O2. The summed E-state index contributed by atoms with van der Waals surface area (Å²) in [6.45, 7) is 3.55. The first-order chi connectivity index (χ1) is 17.0. The van der Waals surface area contributed by atoms with Crippen LogP contribution in [0, 0.1) is 5.82 Å². The molecule has 0 amide bonds. The van der Waals surface area contributed by atoms with Gasteiger partial charge >= 0.3 is 0 Å². The number of ether oxygens (including phenoxy) is 2. The van der Waals surface area contributed by atoms with Crippen molar-refractivity contribution in [3.63, 3.8) is 0 Å². The van der Waals surface area contributed by atoms with E-state index in [4.69, 9.17) is 32.5 Å². The number of nitrogen functional groups attached to an aromatic ring is 2. The van der Waals surface area contributed by atoms with Crippen molar-refractivity contribution < 1.29 is 18.3 Å². The molecule has 8 nitrogen and oxygen atoms in total. The number of hydrogen-bond acceptors (Lipinski definition) is 7. The second-order valence-corrected chi connectivity index (χ2v) is 10.5. The molecule has 3 aromatic heterocycles. The Kier molecular flexibility index (Phi) is 5.16. The lowest BCUT2D eigenvalue weighted by Gasteiger charge is -2.28. The van der Waals surface area contributed by atoms with Crippen molar-refractivity contribution in [1.29, 1.82) is 0 Å². The van der Waals surface area contributed by atoms with Crippen LogP contribution in [-0.2, 0) is 15.9 Å². The van der Waals surface area contributed by atoms with Crippen molar-refractivity contribution in [2.45, 2.75) is 62.8 Å². The molecular weight excluding hydrogens is 490 g/mol. The first-order valence-corrected chi connectivity index (χ1v) is 12.1. The van der Waals surface area contributed by atoms with Crippen LogP contribution in [0.15, 0.2) is 36.8 Å². The van der Waals surface area contributed by atoms with Gasteiger partial charge in [-0.05, 0) is 56.5 Å². The van der Waals surface area contributed by atoms with Gasteiger partial charge < -0.3 is 25.5 Å². The summed E-state index contributed by atoms with van der Waals surface area (Å²) in [7, 11) is 0. The van der Waals surface area contributed by atoms with Gasteiger partial charge in [0.05, 0.1) is 22.0 Å². The molecule has 2 aliphatic rings. The number of hydrogen-bond donors (Lipinski definition) is 2. The van der Waals surface area contributed by atoms with E-state index >= 15 is 4.39 Å². The molecule has 1 saturated heterocycles. The predicted octanol–water partition coefficient (Wildman–Crippen LogP) is 4.74. The molecule has 1 aromatic carbocycles. The van der Waals surface area contributed by atoms with Crippen LogP contribution in [0.2, 0.25) is 5.02 Å². The van der Waals surface area contributed by atoms with Gasteiger partial charge in [0.25, 0.3) is 0 Å². The quantitative estimate of drug-likeness (QED) is 0.404. The van der Waals surface area contributed by atoms with Crippen LogP contribution in [0.25, 0.3) is 21.9 Å². The number of nitrogens with zero attached hydrogens (tertiary/aromatic N) is 4. The molecule has 1 aliphatic carbocycles. The lowest BCUT2D eigenvalue weighted by molar-refractivity contribution is -0.172. The van der Waals surface area contributed by atoms with Gasteiger partial charge in [0.15, 0.2) is 5.79 Å². The number of halogens is 3. The van der Waals surface area contributed by atoms with Crippen LogP contribution < -0.4 is 11.5 Å². The minimum absolute atomic E-state index is 0.106. The molecule has 2 fully saturated rings. The number of aryl methyl sites for hydroxylation is 1. The van der Waals surface area contributed by atoms with Gasteiger partial charge in [0, 0.05) is 18.0 Å². The second-order valence-electron chi connectivity index (χ2n) is 10.0. The summed E-state index contributed by atoms with van der Waals surface area (Å²) in [5, 5.41) is 1.15.